The molecule has 1 heterocycles. The van der Waals surface area contributed by atoms with Crippen LogP contribution in [0, 0.1) is 6.92 Å². The minimum absolute atomic E-state index is 0.0388. The zero-order chi connectivity index (χ0) is 22.8. The van der Waals surface area contributed by atoms with Gasteiger partial charge in [-0.15, -0.1) is 0 Å². The Bertz CT molecular complexity index is 1130. The SMILES string of the molecule is Cc1ccc(S(=O)(=O)N2[C@@H](C[Si](C)(C)Cc3ccccc3)CC[C@H]2c2ccccc2)cc1. The van der Waals surface area contributed by atoms with Crippen molar-refractivity contribution in [1.82, 2.24) is 4.31 Å². The second-order valence-electron chi connectivity index (χ2n) is 9.84. The summed E-state index contributed by atoms with van der Waals surface area (Å²) in [6.07, 6.45) is 1.78. The summed E-state index contributed by atoms with van der Waals surface area (Å²) in [5.74, 6) is 0. The maximum atomic E-state index is 13.9. The summed E-state index contributed by atoms with van der Waals surface area (Å²) in [6, 6.07) is 30.0. The Morgan fingerprint density at radius 3 is 2.06 bits per heavy atom. The van der Waals surface area contributed by atoms with E-state index in [-0.39, 0.29) is 12.1 Å². The van der Waals surface area contributed by atoms with Crippen LogP contribution in [0.5, 0.6) is 0 Å². The van der Waals surface area contributed by atoms with E-state index >= 15 is 0 Å². The van der Waals surface area contributed by atoms with Crippen LogP contribution in [0.4, 0.5) is 0 Å². The molecular formula is C27H33NO2SSi. The molecule has 168 valence electrons. The number of nitrogens with zero attached hydrogens (tertiary/aromatic N) is 1. The van der Waals surface area contributed by atoms with Gasteiger partial charge in [-0.2, -0.15) is 4.31 Å². The van der Waals surface area contributed by atoms with Crippen LogP contribution < -0.4 is 0 Å². The molecule has 1 aliphatic rings. The van der Waals surface area contributed by atoms with Gasteiger partial charge in [-0.25, -0.2) is 8.42 Å². The number of hydrogen-bond donors (Lipinski definition) is 0. The van der Waals surface area contributed by atoms with E-state index in [1.54, 1.807) is 12.1 Å². The first-order valence-corrected chi connectivity index (χ1v) is 16.3. The van der Waals surface area contributed by atoms with Crippen LogP contribution >= 0.6 is 0 Å². The minimum atomic E-state index is -3.59. The minimum Gasteiger partial charge on any atom is -0.207 e. The van der Waals surface area contributed by atoms with Crippen molar-refractivity contribution in [3.8, 4) is 0 Å². The first-order chi connectivity index (χ1) is 15.3. The number of aryl methyl sites for hydroxylation is 1. The lowest BCUT2D eigenvalue weighted by molar-refractivity contribution is 0.338. The number of benzene rings is 3. The topological polar surface area (TPSA) is 37.4 Å². The Balaban J connectivity index is 1.67. The molecule has 0 aromatic heterocycles. The van der Waals surface area contributed by atoms with Crippen molar-refractivity contribution in [3.63, 3.8) is 0 Å². The largest absolute Gasteiger partial charge is 0.243 e. The van der Waals surface area contributed by atoms with Gasteiger partial charge in [-0.05, 0) is 49.5 Å². The lowest BCUT2D eigenvalue weighted by atomic mass is 10.1. The fourth-order valence-electron chi connectivity index (χ4n) is 5.09. The molecule has 0 spiro atoms. The van der Waals surface area contributed by atoms with Crippen LogP contribution in [0.15, 0.2) is 89.8 Å². The zero-order valence-electron chi connectivity index (χ0n) is 19.2. The van der Waals surface area contributed by atoms with Gasteiger partial charge in [0, 0.05) is 6.04 Å². The van der Waals surface area contributed by atoms with E-state index in [1.807, 2.05) is 41.6 Å². The Morgan fingerprint density at radius 1 is 0.844 bits per heavy atom. The molecule has 0 aliphatic carbocycles. The fraction of sp³-hybridized carbons (Fsp3) is 0.333. The number of sulfonamides is 1. The second kappa shape index (κ2) is 9.34. The van der Waals surface area contributed by atoms with Crippen molar-refractivity contribution in [1.29, 1.82) is 0 Å². The van der Waals surface area contributed by atoms with Crippen LogP contribution in [0.1, 0.15) is 35.6 Å². The maximum absolute atomic E-state index is 13.9. The molecule has 0 amide bonds. The van der Waals surface area contributed by atoms with E-state index < -0.39 is 18.1 Å². The van der Waals surface area contributed by atoms with Gasteiger partial charge in [0.25, 0.3) is 0 Å². The smallest absolute Gasteiger partial charge is 0.207 e. The highest BCUT2D eigenvalue weighted by atomic mass is 32.2. The Labute approximate surface area is 194 Å². The van der Waals surface area contributed by atoms with Crippen molar-refractivity contribution in [3.05, 3.63) is 102 Å². The predicted octanol–water partition coefficient (Wildman–Crippen LogP) is 6.38. The summed E-state index contributed by atoms with van der Waals surface area (Å²) in [7, 11) is -5.27. The molecule has 0 bridgehead atoms. The summed E-state index contributed by atoms with van der Waals surface area (Å²) >= 11 is 0. The Hall–Kier alpha value is -2.21. The van der Waals surface area contributed by atoms with Crippen LogP contribution in [-0.4, -0.2) is 26.8 Å². The van der Waals surface area contributed by atoms with Gasteiger partial charge in [0.05, 0.1) is 19.0 Å². The van der Waals surface area contributed by atoms with E-state index in [0.29, 0.717) is 4.90 Å². The van der Waals surface area contributed by atoms with Gasteiger partial charge in [0.2, 0.25) is 10.0 Å². The fourth-order valence-corrected chi connectivity index (χ4v) is 10.2. The highest BCUT2D eigenvalue weighted by Crippen LogP contribution is 2.43. The third-order valence-electron chi connectivity index (χ3n) is 6.53. The number of hydrogen-bond acceptors (Lipinski definition) is 2. The van der Waals surface area contributed by atoms with Crippen molar-refractivity contribution in [2.45, 2.75) is 61.9 Å². The number of rotatable bonds is 7. The van der Waals surface area contributed by atoms with E-state index in [0.717, 1.165) is 36.1 Å². The highest BCUT2D eigenvalue weighted by molar-refractivity contribution is 7.89. The van der Waals surface area contributed by atoms with Gasteiger partial charge >= 0.3 is 0 Å². The molecule has 4 rings (SSSR count). The summed E-state index contributed by atoms with van der Waals surface area (Å²) in [5.41, 5.74) is 3.51. The molecule has 0 radical (unpaired) electrons. The second-order valence-corrected chi connectivity index (χ2v) is 16.8. The van der Waals surface area contributed by atoms with Gasteiger partial charge in [0.15, 0.2) is 0 Å². The van der Waals surface area contributed by atoms with Crippen LogP contribution in [0.25, 0.3) is 0 Å². The molecule has 5 heteroatoms. The van der Waals surface area contributed by atoms with Crippen molar-refractivity contribution in [2.24, 2.45) is 0 Å². The summed E-state index contributed by atoms with van der Waals surface area (Å²) in [6.45, 7) is 6.78. The average Bonchev–Trinajstić information content (AvgIpc) is 3.18. The normalized spacial score (nSPS) is 19.8. The zero-order valence-corrected chi connectivity index (χ0v) is 21.1. The van der Waals surface area contributed by atoms with Crippen molar-refractivity contribution in [2.75, 3.05) is 0 Å². The molecule has 1 saturated heterocycles. The van der Waals surface area contributed by atoms with E-state index in [1.165, 1.54) is 5.56 Å². The molecule has 32 heavy (non-hydrogen) atoms. The van der Waals surface area contributed by atoms with Crippen LogP contribution in [0.3, 0.4) is 0 Å². The average molecular weight is 464 g/mol. The molecule has 0 unspecified atom stereocenters. The van der Waals surface area contributed by atoms with E-state index in [9.17, 15) is 8.42 Å². The van der Waals surface area contributed by atoms with E-state index in [4.69, 9.17) is 0 Å². The lowest BCUT2D eigenvalue weighted by Gasteiger charge is -2.34. The van der Waals surface area contributed by atoms with Crippen LogP contribution in [-0.2, 0) is 16.1 Å². The lowest BCUT2D eigenvalue weighted by Crippen LogP contribution is -2.43. The first kappa shape index (κ1) is 23.0. The molecule has 2 atom stereocenters. The molecule has 3 aromatic rings. The molecule has 0 saturated carbocycles. The molecule has 1 fully saturated rings. The van der Waals surface area contributed by atoms with Gasteiger partial charge in [-0.3, -0.25) is 0 Å². The molecule has 3 nitrogen and oxygen atoms in total. The third kappa shape index (κ3) is 5.06. The Kier molecular flexibility index (Phi) is 6.70. The molecule has 0 N–H and O–H groups in total. The van der Waals surface area contributed by atoms with Gasteiger partial charge in [-0.1, -0.05) is 97.0 Å². The quantitative estimate of drug-likeness (QED) is 0.381. The highest BCUT2D eigenvalue weighted by Gasteiger charge is 2.44. The standard InChI is InChI=1S/C27H33NO2SSi/c1-22-14-17-26(18-15-22)31(29,30)28-25(16-19-27(28)24-12-8-5-9-13-24)21-32(2,3)20-23-10-6-4-7-11-23/h4-15,17-18,25,27H,16,19-21H2,1-3H3/t25-,27+/m1/s1. The third-order valence-corrected chi connectivity index (χ3v) is 11.5. The van der Waals surface area contributed by atoms with Crippen molar-refractivity contribution < 1.29 is 8.42 Å². The van der Waals surface area contributed by atoms with Crippen molar-refractivity contribution >= 4 is 18.1 Å². The van der Waals surface area contributed by atoms with Gasteiger partial charge in [0.1, 0.15) is 0 Å². The molecule has 1 aliphatic heterocycles. The first-order valence-electron chi connectivity index (χ1n) is 11.5. The maximum Gasteiger partial charge on any atom is 0.243 e. The van der Waals surface area contributed by atoms with E-state index in [2.05, 4.69) is 55.6 Å². The summed E-state index contributed by atoms with van der Waals surface area (Å²) < 4.78 is 29.7. The Morgan fingerprint density at radius 2 is 1.44 bits per heavy atom. The predicted molar refractivity (Wildman–Crippen MR) is 135 cm³/mol. The van der Waals surface area contributed by atoms with Crippen LogP contribution in [0.2, 0.25) is 19.1 Å². The van der Waals surface area contributed by atoms with Gasteiger partial charge < -0.3 is 0 Å². The monoisotopic (exact) mass is 463 g/mol. The summed E-state index contributed by atoms with van der Waals surface area (Å²) in [4.78, 5) is 0.401. The molecular weight excluding hydrogens is 430 g/mol. The summed E-state index contributed by atoms with van der Waals surface area (Å²) in [5, 5.41) is 0. The molecule has 3 aromatic carbocycles.